The first-order valence-corrected chi connectivity index (χ1v) is 7.99. The van der Waals surface area contributed by atoms with E-state index in [0.29, 0.717) is 32.3 Å². The highest BCUT2D eigenvalue weighted by molar-refractivity contribution is 5.83. The summed E-state index contributed by atoms with van der Waals surface area (Å²) in [5.41, 5.74) is 0.980. The SMILES string of the molecule is CC1CN(C(C(=O)N2CCOCC2)c2cccnc2)CCN1. The van der Waals surface area contributed by atoms with Crippen LogP contribution in [-0.4, -0.2) is 72.7 Å². The van der Waals surface area contributed by atoms with Crippen molar-refractivity contribution in [3.63, 3.8) is 0 Å². The number of piperazine rings is 1. The Kier molecular flexibility index (Phi) is 5.02. The number of aromatic nitrogens is 1. The van der Waals surface area contributed by atoms with E-state index in [0.717, 1.165) is 25.2 Å². The zero-order chi connectivity index (χ0) is 15.4. The van der Waals surface area contributed by atoms with Gasteiger partial charge in [0.15, 0.2) is 0 Å². The summed E-state index contributed by atoms with van der Waals surface area (Å²) in [6.45, 7) is 7.43. The molecule has 6 heteroatoms. The van der Waals surface area contributed by atoms with Crippen LogP contribution in [0.3, 0.4) is 0 Å². The van der Waals surface area contributed by atoms with Gasteiger partial charge < -0.3 is 15.0 Å². The first kappa shape index (κ1) is 15.4. The van der Waals surface area contributed by atoms with Crippen LogP contribution in [-0.2, 0) is 9.53 Å². The molecule has 6 nitrogen and oxygen atoms in total. The third kappa shape index (κ3) is 3.45. The second-order valence-electron chi connectivity index (χ2n) is 5.98. The van der Waals surface area contributed by atoms with Crippen LogP contribution < -0.4 is 5.32 Å². The van der Waals surface area contributed by atoms with Crippen molar-refractivity contribution in [2.45, 2.75) is 19.0 Å². The molecule has 2 aliphatic heterocycles. The van der Waals surface area contributed by atoms with Crippen molar-refractivity contribution < 1.29 is 9.53 Å². The number of carbonyl (C=O) groups is 1. The molecule has 2 saturated heterocycles. The largest absolute Gasteiger partial charge is 0.378 e. The smallest absolute Gasteiger partial charge is 0.244 e. The summed E-state index contributed by atoms with van der Waals surface area (Å²) in [5.74, 6) is 0.172. The molecule has 2 atom stereocenters. The molecule has 0 saturated carbocycles. The van der Waals surface area contributed by atoms with E-state index in [9.17, 15) is 4.79 Å². The minimum absolute atomic E-state index is 0.172. The number of hydrogen-bond acceptors (Lipinski definition) is 5. The molecule has 1 aromatic heterocycles. The van der Waals surface area contributed by atoms with E-state index in [1.807, 2.05) is 23.2 Å². The quantitative estimate of drug-likeness (QED) is 0.869. The molecule has 3 heterocycles. The van der Waals surface area contributed by atoms with Crippen LogP contribution in [0.5, 0.6) is 0 Å². The molecule has 0 spiro atoms. The Morgan fingerprint density at radius 1 is 1.41 bits per heavy atom. The van der Waals surface area contributed by atoms with Gasteiger partial charge in [-0.1, -0.05) is 6.07 Å². The highest BCUT2D eigenvalue weighted by Gasteiger charge is 2.34. The summed E-state index contributed by atoms with van der Waals surface area (Å²) in [4.78, 5) is 21.5. The van der Waals surface area contributed by atoms with Crippen molar-refractivity contribution in [2.24, 2.45) is 0 Å². The van der Waals surface area contributed by atoms with Gasteiger partial charge in [0, 0.05) is 51.2 Å². The highest BCUT2D eigenvalue weighted by Crippen LogP contribution is 2.24. The normalized spacial score (nSPS) is 25.0. The third-order valence-electron chi connectivity index (χ3n) is 4.32. The lowest BCUT2D eigenvalue weighted by Gasteiger charge is -2.40. The van der Waals surface area contributed by atoms with Crippen molar-refractivity contribution in [1.29, 1.82) is 0 Å². The van der Waals surface area contributed by atoms with Gasteiger partial charge in [0.2, 0.25) is 5.91 Å². The number of hydrogen-bond donors (Lipinski definition) is 1. The number of nitrogens with one attached hydrogen (secondary N) is 1. The van der Waals surface area contributed by atoms with Gasteiger partial charge in [-0.25, -0.2) is 0 Å². The molecule has 2 aliphatic rings. The van der Waals surface area contributed by atoms with Gasteiger partial charge in [0.25, 0.3) is 0 Å². The lowest BCUT2D eigenvalue weighted by Crippen LogP contribution is -2.54. The maximum Gasteiger partial charge on any atom is 0.244 e. The Labute approximate surface area is 131 Å². The third-order valence-corrected chi connectivity index (χ3v) is 4.32. The Hall–Kier alpha value is -1.50. The zero-order valence-corrected chi connectivity index (χ0v) is 13.1. The fourth-order valence-corrected chi connectivity index (χ4v) is 3.20. The van der Waals surface area contributed by atoms with Crippen LogP contribution in [0.1, 0.15) is 18.5 Å². The molecule has 120 valence electrons. The van der Waals surface area contributed by atoms with Crippen molar-refractivity contribution in [3.8, 4) is 0 Å². The van der Waals surface area contributed by atoms with Gasteiger partial charge in [-0.3, -0.25) is 14.7 Å². The van der Waals surface area contributed by atoms with Crippen molar-refractivity contribution in [1.82, 2.24) is 20.1 Å². The first-order chi connectivity index (χ1) is 10.8. The van der Waals surface area contributed by atoms with Gasteiger partial charge in [-0.05, 0) is 18.6 Å². The van der Waals surface area contributed by atoms with Crippen LogP contribution >= 0.6 is 0 Å². The average Bonchev–Trinajstić information content (AvgIpc) is 2.57. The first-order valence-electron chi connectivity index (χ1n) is 7.99. The molecule has 0 aromatic carbocycles. The monoisotopic (exact) mass is 304 g/mol. The van der Waals surface area contributed by atoms with E-state index in [1.165, 1.54) is 0 Å². The van der Waals surface area contributed by atoms with Crippen LogP contribution in [0.4, 0.5) is 0 Å². The number of nitrogens with zero attached hydrogens (tertiary/aromatic N) is 3. The summed E-state index contributed by atoms with van der Waals surface area (Å²) in [5, 5.41) is 3.43. The predicted octanol–water partition coefficient (Wildman–Crippen LogP) is 0.275. The number of morpholine rings is 1. The second-order valence-corrected chi connectivity index (χ2v) is 5.98. The van der Waals surface area contributed by atoms with E-state index < -0.39 is 0 Å². The molecule has 1 aromatic rings. The maximum atomic E-state index is 13.1. The minimum Gasteiger partial charge on any atom is -0.378 e. The van der Waals surface area contributed by atoms with E-state index >= 15 is 0 Å². The van der Waals surface area contributed by atoms with Crippen LogP contribution in [0.15, 0.2) is 24.5 Å². The molecule has 1 amide bonds. The summed E-state index contributed by atoms with van der Waals surface area (Å²) in [6.07, 6.45) is 3.57. The molecule has 2 unspecified atom stereocenters. The molecule has 3 rings (SSSR count). The summed E-state index contributed by atoms with van der Waals surface area (Å²) in [6, 6.07) is 4.06. The van der Waals surface area contributed by atoms with E-state index in [2.05, 4.69) is 22.1 Å². The van der Waals surface area contributed by atoms with E-state index in [1.54, 1.807) is 6.20 Å². The Morgan fingerprint density at radius 2 is 2.23 bits per heavy atom. The summed E-state index contributed by atoms with van der Waals surface area (Å²) in [7, 11) is 0. The number of rotatable bonds is 3. The standard InChI is InChI=1S/C16H24N4O2/c1-13-12-20(6-5-18-13)15(14-3-2-4-17-11-14)16(21)19-7-9-22-10-8-19/h2-4,11,13,15,18H,5-10,12H2,1H3. The van der Waals surface area contributed by atoms with E-state index in [4.69, 9.17) is 4.74 Å². The topological polar surface area (TPSA) is 57.7 Å². The van der Waals surface area contributed by atoms with Gasteiger partial charge in [0.1, 0.15) is 6.04 Å². The van der Waals surface area contributed by atoms with Crippen LogP contribution in [0.2, 0.25) is 0 Å². The fourth-order valence-electron chi connectivity index (χ4n) is 3.20. The number of carbonyl (C=O) groups excluding carboxylic acids is 1. The van der Waals surface area contributed by atoms with Gasteiger partial charge >= 0.3 is 0 Å². The lowest BCUT2D eigenvalue weighted by molar-refractivity contribution is -0.142. The Morgan fingerprint density at radius 3 is 2.91 bits per heavy atom. The molecular formula is C16H24N4O2. The maximum absolute atomic E-state index is 13.1. The molecule has 0 radical (unpaired) electrons. The second kappa shape index (κ2) is 7.17. The summed E-state index contributed by atoms with van der Waals surface area (Å²) < 4.78 is 5.37. The summed E-state index contributed by atoms with van der Waals surface area (Å²) >= 11 is 0. The zero-order valence-electron chi connectivity index (χ0n) is 13.1. The molecular weight excluding hydrogens is 280 g/mol. The fraction of sp³-hybridized carbons (Fsp3) is 0.625. The Bertz CT molecular complexity index is 490. The van der Waals surface area contributed by atoms with Gasteiger partial charge in [-0.15, -0.1) is 0 Å². The number of pyridine rings is 1. The number of ether oxygens (including phenoxy) is 1. The molecule has 1 N–H and O–H groups in total. The van der Waals surface area contributed by atoms with Crippen molar-refractivity contribution >= 4 is 5.91 Å². The van der Waals surface area contributed by atoms with Crippen molar-refractivity contribution in [3.05, 3.63) is 30.1 Å². The van der Waals surface area contributed by atoms with Crippen LogP contribution in [0.25, 0.3) is 0 Å². The predicted molar refractivity (Wildman–Crippen MR) is 83.4 cm³/mol. The van der Waals surface area contributed by atoms with E-state index in [-0.39, 0.29) is 11.9 Å². The average molecular weight is 304 g/mol. The molecule has 2 fully saturated rings. The minimum atomic E-state index is -0.239. The highest BCUT2D eigenvalue weighted by atomic mass is 16.5. The molecule has 0 aliphatic carbocycles. The number of amides is 1. The molecule has 22 heavy (non-hydrogen) atoms. The van der Waals surface area contributed by atoms with Gasteiger partial charge in [-0.2, -0.15) is 0 Å². The lowest BCUT2D eigenvalue weighted by atomic mass is 10.0. The van der Waals surface area contributed by atoms with Crippen molar-refractivity contribution in [2.75, 3.05) is 45.9 Å². The van der Waals surface area contributed by atoms with Gasteiger partial charge in [0.05, 0.1) is 13.2 Å². The van der Waals surface area contributed by atoms with Crippen LogP contribution in [0, 0.1) is 0 Å². The molecule has 0 bridgehead atoms. The Balaban J connectivity index is 1.83.